The van der Waals surface area contributed by atoms with Crippen molar-refractivity contribution in [1.29, 1.82) is 0 Å². The topological polar surface area (TPSA) is 78.9 Å². The lowest BCUT2D eigenvalue weighted by Gasteiger charge is -2.26. The molecule has 2 fully saturated rings. The van der Waals surface area contributed by atoms with Crippen molar-refractivity contribution in [2.45, 2.75) is 24.9 Å². The monoisotopic (exact) mass is 242 g/mol. The molecule has 6 nitrogen and oxygen atoms in total. The van der Waals surface area contributed by atoms with Crippen LogP contribution in [0.2, 0.25) is 0 Å². The Morgan fingerprint density at radius 3 is 2.82 bits per heavy atom. The Morgan fingerprint density at radius 2 is 2.18 bits per heavy atom. The molecule has 96 valence electrons. The van der Waals surface area contributed by atoms with Crippen LogP contribution < -0.4 is 5.32 Å². The quantitative estimate of drug-likeness (QED) is 0.684. The summed E-state index contributed by atoms with van der Waals surface area (Å²) < 4.78 is 5.28. The van der Waals surface area contributed by atoms with Crippen molar-refractivity contribution in [2.75, 3.05) is 26.8 Å². The number of hydrogen-bond acceptors (Lipinski definition) is 4. The van der Waals surface area contributed by atoms with Crippen molar-refractivity contribution in [1.82, 2.24) is 10.2 Å². The first kappa shape index (κ1) is 12.3. The van der Waals surface area contributed by atoms with E-state index in [4.69, 9.17) is 9.84 Å². The van der Waals surface area contributed by atoms with Gasteiger partial charge in [-0.3, -0.25) is 4.79 Å². The fourth-order valence-electron chi connectivity index (χ4n) is 2.58. The van der Waals surface area contributed by atoms with Crippen molar-refractivity contribution < 1.29 is 19.4 Å². The fraction of sp³-hybridized carbons (Fsp3) is 0.818. The van der Waals surface area contributed by atoms with E-state index in [-0.39, 0.29) is 17.9 Å². The van der Waals surface area contributed by atoms with Gasteiger partial charge in [-0.15, -0.1) is 0 Å². The molecule has 2 rings (SSSR count). The van der Waals surface area contributed by atoms with E-state index in [9.17, 15) is 9.59 Å². The number of carboxylic acids is 1. The van der Waals surface area contributed by atoms with E-state index in [1.807, 2.05) is 0 Å². The van der Waals surface area contributed by atoms with Gasteiger partial charge < -0.3 is 20.1 Å². The Bertz CT molecular complexity index is 321. The van der Waals surface area contributed by atoms with Crippen LogP contribution in [0.15, 0.2) is 0 Å². The Morgan fingerprint density at radius 1 is 1.41 bits per heavy atom. The van der Waals surface area contributed by atoms with Crippen molar-refractivity contribution in [2.24, 2.45) is 5.92 Å². The normalized spacial score (nSPS) is 33.0. The molecular weight excluding hydrogens is 224 g/mol. The molecule has 0 radical (unpaired) electrons. The fourth-order valence-corrected chi connectivity index (χ4v) is 2.58. The SMILES string of the molecule is CNC1COCC1C(=O)N1CCCC1C(=O)O. The first-order chi connectivity index (χ1) is 8.15. The van der Waals surface area contributed by atoms with Crippen molar-refractivity contribution in [3.05, 3.63) is 0 Å². The summed E-state index contributed by atoms with van der Waals surface area (Å²) in [5.41, 5.74) is 0. The van der Waals surface area contributed by atoms with Gasteiger partial charge in [0.25, 0.3) is 0 Å². The summed E-state index contributed by atoms with van der Waals surface area (Å²) in [6.45, 7) is 1.44. The van der Waals surface area contributed by atoms with Crippen LogP contribution in [0.1, 0.15) is 12.8 Å². The molecule has 0 bridgehead atoms. The molecule has 2 N–H and O–H groups in total. The molecule has 3 atom stereocenters. The third-order valence-corrected chi connectivity index (χ3v) is 3.59. The molecule has 0 saturated carbocycles. The van der Waals surface area contributed by atoms with E-state index < -0.39 is 12.0 Å². The molecule has 0 aromatic heterocycles. The zero-order valence-corrected chi connectivity index (χ0v) is 9.89. The van der Waals surface area contributed by atoms with E-state index in [1.165, 1.54) is 4.90 Å². The van der Waals surface area contributed by atoms with Crippen LogP contribution in [0, 0.1) is 5.92 Å². The molecule has 3 unspecified atom stereocenters. The van der Waals surface area contributed by atoms with E-state index in [1.54, 1.807) is 7.05 Å². The molecule has 2 aliphatic heterocycles. The zero-order valence-electron chi connectivity index (χ0n) is 9.89. The summed E-state index contributed by atoms with van der Waals surface area (Å²) >= 11 is 0. The number of nitrogens with zero attached hydrogens (tertiary/aromatic N) is 1. The second-order valence-corrected chi connectivity index (χ2v) is 4.57. The number of rotatable bonds is 3. The van der Waals surface area contributed by atoms with E-state index >= 15 is 0 Å². The number of likely N-dealkylation sites (N-methyl/N-ethyl adjacent to an activating group) is 1. The predicted octanol–water partition coefficient (Wildman–Crippen LogP) is -0.704. The standard InChI is InChI=1S/C11H18N2O4/c1-12-8-6-17-5-7(8)10(14)13-4-2-3-9(13)11(15)16/h7-9,12H,2-6H2,1H3,(H,15,16). The minimum absolute atomic E-state index is 0.00227. The Hall–Kier alpha value is -1.14. The van der Waals surface area contributed by atoms with Gasteiger partial charge in [-0.2, -0.15) is 0 Å². The summed E-state index contributed by atoms with van der Waals surface area (Å²) in [5.74, 6) is -1.25. The Kier molecular flexibility index (Phi) is 3.63. The summed E-state index contributed by atoms with van der Waals surface area (Å²) in [5, 5.41) is 12.1. The Labute approximate surface area is 99.9 Å². The largest absolute Gasteiger partial charge is 0.480 e. The third-order valence-electron chi connectivity index (χ3n) is 3.59. The minimum Gasteiger partial charge on any atom is -0.480 e. The highest BCUT2D eigenvalue weighted by molar-refractivity contribution is 5.86. The van der Waals surface area contributed by atoms with Crippen molar-refractivity contribution in [3.63, 3.8) is 0 Å². The lowest BCUT2D eigenvalue weighted by Crippen LogP contribution is -2.48. The second kappa shape index (κ2) is 5.01. The smallest absolute Gasteiger partial charge is 0.326 e. The van der Waals surface area contributed by atoms with Gasteiger partial charge in [0.1, 0.15) is 6.04 Å². The van der Waals surface area contributed by atoms with Crippen molar-refractivity contribution >= 4 is 11.9 Å². The molecule has 1 amide bonds. The minimum atomic E-state index is -0.907. The van der Waals surface area contributed by atoms with Gasteiger partial charge in [0.05, 0.1) is 19.1 Å². The lowest BCUT2D eigenvalue weighted by molar-refractivity contribution is -0.150. The average molecular weight is 242 g/mol. The highest BCUT2D eigenvalue weighted by Gasteiger charge is 2.41. The van der Waals surface area contributed by atoms with Gasteiger partial charge in [-0.25, -0.2) is 4.79 Å². The number of amides is 1. The van der Waals surface area contributed by atoms with Crippen LogP contribution >= 0.6 is 0 Å². The van der Waals surface area contributed by atoms with Crippen LogP contribution in [-0.4, -0.2) is 60.8 Å². The maximum absolute atomic E-state index is 12.3. The molecule has 2 heterocycles. The number of carboxylic acid groups (broad SMARTS) is 1. The third kappa shape index (κ3) is 2.28. The van der Waals surface area contributed by atoms with Gasteiger partial charge in [0.2, 0.25) is 5.91 Å². The van der Waals surface area contributed by atoms with Crippen LogP contribution in [-0.2, 0) is 14.3 Å². The molecule has 0 aliphatic carbocycles. The molecule has 0 spiro atoms. The van der Waals surface area contributed by atoms with Crippen molar-refractivity contribution in [3.8, 4) is 0 Å². The zero-order chi connectivity index (χ0) is 12.4. The van der Waals surface area contributed by atoms with Gasteiger partial charge in [0, 0.05) is 12.6 Å². The first-order valence-electron chi connectivity index (χ1n) is 5.93. The molecule has 6 heteroatoms. The maximum atomic E-state index is 12.3. The van der Waals surface area contributed by atoms with Crippen LogP contribution in [0.25, 0.3) is 0 Å². The molecular formula is C11H18N2O4. The summed E-state index contributed by atoms with van der Waals surface area (Å²) in [6.07, 6.45) is 1.32. The van der Waals surface area contributed by atoms with Gasteiger partial charge >= 0.3 is 5.97 Å². The summed E-state index contributed by atoms with van der Waals surface area (Å²) in [4.78, 5) is 24.8. The Balaban J connectivity index is 2.06. The molecule has 17 heavy (non-hydrogen) atoms. The molecule has 2 aliphatic rings. The molecule has 0 aromatic rings. The number of carbonyl (C=O) groups excluding carboxylic acids is 1. The maximum Gasteiger partial charge on any atom is 0.326 e. The van der Waals surface area contributed by atoms with Crippen LogP contribution in [0.5, 0.6) is 0 Å². The molecule has 2 saturated heterocycles. The van der Waals surface area contributed by atoms with Gasteiger partial charge in [-0.1, -0.05) is 0 Å². The van der Waals surface area contributed by atoms with Gasteiger partial charge in [-0.05, 0) is 19.9 Å². The van der Waals surface area contributed by atoms with E-state index in [0.29, 0.717) is 26.2 Å². The number of likely N-dealkylation sites (tertiary alicyclic amines) is 1. The average Bonchev–Trinajstić information content (AvgIpc) is 2.96. The summed E-state index contributed by atoms with van der Waals surface area (Å²) in [6, 6.07) is -0.654. The first-order valence-corrected chi connectivity index (χ1v) is 5.93. The predicted molar refractivity (Wildman–Crippen MR) is 59.5 cm³/mol. The number of nitrogens with one attached hydrogen (secondary N) is 1. The lowest BCUT2D eigenvalue weighted by atomic mass is 10.0. The highest BCUT2D eigenvalue weighted by Crippen LogP contribution is 2.23. The second-order valence-electron chi connectivity index (χ2n) is 4.57. The number of aliphatic carboxylic acids is 1. The van der Waals surface area contributed by atoms with Crippen LogP contribution in [0.4, 0.5) is 0 Å². The van der Waals surface area contributed by atoms with Crippen LogP contribution in [0.3, 0.4) is 0 Å². The number of ether oxygens (including phenoxy) is 1. The number of carbonyl (C=O) groups is 2. The number of hydrogen-bond donors (Lipinski definition) is 2. The van der Waals surface area contributed by atoms with E-state index in [0.717, 1.165) is 6.42 Å². The van der Waals surface area contributed by atoms with E-state index in [2.05, 4.69) is 5.32 Å². The molecule has 0 aromatic carbocycles. The summed E-state index contributed by atoms with van der Waals surface area (Å²) in [7, 11) is 1.79. The van der Waals surface area contributed by atoms with Gasteiger partial charge in [0.15, 0.2) is 0 Å². The highest BCUT2D eigenvalue weighted by atomic mass is 16.5.